The van der Waals surface area contributed by atoms with Crippen molar-refractivity contribution >= 4 is 5.97 Å². The van der Waals surface area contributed by atoms with E-state index in [2.05, 4.69) is 6.07 Å². The van der Waals surface area contributed by atoms with Crippen LogP contribution in [0.5, 0.6) is 0 Å². The van der Waals surface area contributed by atoms with Crippen molar-refractivity contribution in [2.75, 3.05) is 0 Å². The number of benzene rings is 1. The Bertz CT molecular complexity index is 407. The summed E-state index contributed by atoms with van der Waals surface area (Å²) in [7, 11) is 0. The maximum absolute atomic E-state index is 11.6. The van der Waals surface area contributed by atoms with Crippen LogP contribution in [0.3, 0.4) is 0 Å². The van der Waals surface area contributed by atoms with E-state index in [0.717, 1.165) is 5.56 Å². The number of nitriles is 1. The van der Waals surface area contributed by atoms with Gasteiger partial charge in [0.05, 0.1) is 18.1 Å². The molecule has 0 unspecified atom stereocenters. The fraction of sp³-hybridized carbons (Fsp3) is 0.385. The molecule has 0 radical (unpaired) electrons. The number of carbonyl (C=O) groups excluding carboxylic acids is 1. The zero-order valence-corrected chi connectivity index (χ0v) is 9.78. The Labute approximate surface area is 95.7 Å². The third-order valence-corrected chi connectivity index (χ3v) is 1.87. The Kier molecular flexibility index (Phi) is 3.68. The van der Waals surface area contributed by atoms with E-state index in [1.807, 2.05) is 20.8 Å². The van der Waals surface area contributed by atoms with Gasteiger partial charge in [-0.05, 0) is 38.5 Å². The van der Waals surface area contributed by atoms with E-state index >= 15 is 0 Å². The van der Waals surface area contributed by atoms with Crippen molar-refractivity contribution in [3.05, 3.63) is 35.4 Å². The van der Waals surface area contributed by atoms with E-state index < -0.39 is 5.60 Å². The minimum atomic E-state index is -0.484. The number of hydrogen-bond acceptors (Lipinski definition) is 3. The predicted molar refractivity (Wildman–Crippen MR) is 60.9 cm³/mol. The molecule has 1 rings (SSSR count). The van der Waals surface area contributed by atoms with Crippen LogP contribution in [0.2, 0.25) is 0 Å². The summed E-state index contributed by atoms with van der Waals surface area (Å²) in [5.41, 5.74) is 0.925. The highest BCUT2D eigenvalue weighted by Gasteiger charge is 2.17. The van der Waals surface area contributed by atoms with Gasteiger partial charge in [-0.2, -0.15) is 5.26 Å². The lowest BCUT2D eigenvalue weighted by molar-refractivity contribution is 0.00695. The lowest BCUT2D eigenvalue weighted by Gasteiger charge is -2.19. The van der Waals surface area contributed by atoms with Crippen LogP contribution in [0.15, 0.2) is 24.3 Å². The summed E-state index contributed by atoms with van der Waals surface area (Å²) in [6.07, 6.45) is 0.356. The Morgan fingerprint density at radius 2 is 1.88 bits per heavy atom. The standard InChI is InChI=1S/C13H15NO2/c1-13(2,3)16-12(15)11-6-4-10(5-7-11)8-9-14/h4-7H,8H2,1-3H3. The maximum atomic E-state index is 11.6. The number of rotatable bonds is 2. The van der Waals surface area contributed by atoms with Gasteiger partial charge in [-0.15, -0.1) is 0 Å². The molecule has 16 heavy (non-hydrogen) atoms. The molecule has 3 nitrogen and oxygen atoms in total. The van der Waals surface area contributed by atoms with Crippen LogP contribution in [-0.2, 0) is 11.2 Å². The van der Waals surface area contributed by atoms with E-state index in [1.54, 1.807) is 24.3 Å². The third kappa shape index (κ3) is 3.74. The molecule has 0 aliphatic carbocycles. The van der Waals surface area contributed by atoms with E-state index in [9.17, 15) is 4.79 Å². The van der Waals surface area contributed by atoms with Crippen molar-refractivity contribution in [2.45, 2.75) is 32.8 Å². The lowest BCUT2D eigenvalue weighted by Crippen LogP contribution is -2.23. The second-order valence-corrected chi connectivity index (χ2v) is 4.53. The molecular formula is C13H15NO2. The normalized spacial score (nSPS) is 10.6. The minimum Gasteiger partial charge on any atom is -0.456 e. The molecule has 0 saturated carbocycles. The quantitative estimate of drug-likeness (QED) is 0.715. The van der Waals surface area contributed by atoms with Crippen LogP contribution < -0.4 is 0 Å². The molecule has 0 bridgehead atoms. The van der Waals surface area contributed by atoms with Gasteiger partial charge in [0, 0.05) is 0 Å². The van der Waals surface area contributed by atoms with Gasteiger partial charge >= 0.3 is 5.97 Å². The highest BCUT2D eigenvalue weighted by molar-refractivity contribution is 5.89. The largest absolute Gasteiger partial charge is 0.456 e. The smallest absolute Gasteiger partial charge is 0.338 e. The zero-order chi connectivity index (χ0) is 12.2. The molecule has 0 saturated heterocycles. The van der Waals surface area contributed by atoms with Gasteiger partial charge in [-0.1, -0.05) is 12.1 Å². The summed E-state index contributed by atoms with van der Waals surface area (Å²) >= 11 is 0. The van der Waals surface area contributed by atoms with Crippen LogP contribution in [0.4, 0.5) is 0 Å². The Morgan fingerprint density at radius 1 is 1.31 bits per heavy atom. The number of ether oxygens (including phenoxy) is 1. The van der Waals surface area contributed by atoms with Crippen molar-refractivity contribution in [1.82, 2.24) is 0 Å². The molecule has 0 spiro atoms. The summed E-state index contributed by atoms with van der Waals surface area (Å²) < 4.78 is 5.22. The van der Waals surface area contributed by atoms with Crippen LogP contribution >= 0.6 is 0 Å². The molecule has 0 N–H and O–H groups in total. The molecule has 0 aromatic heterocycles. The van der Waals surface area contributed by atoms with Gasteiger partial charge in [0.1, 0.15) is 5.60 Å². The van der Waals surface area contributed by atoms with E-state index in [0.29, 0.717) is 12.0 Å². The molecule has 1 aromatic carbocycles. The van der Waals surface area contributed by atoms with Gasteiger partial charge < -0.3 is 4.74 Å². The van der Waals surface area contributed by atoms with Gasteiger partial charge in [-0.3, -0.25) is 0 Å². The molecule has 0 amide bonds. The predicted octanol–water partition coefficient (Wildman–Crippen LogP) is 2.71. The van der Waals surface area contributed by atoms with E-state index in [4.69, 9.17) is 10.00 Å². The van der Waals surface area contributed by atoms with Crippen molar-refractivity contribution in [3.63, 3.8) is 0 Å². The first-order chi connectivity index (χ1) is 7.42. The molecule has 0 fully saturated rings. The SMILES string of the molecule is CC(C)(C)OC(=O)c1ccc(CC#N)cc1. The topological polar surface area (TPSA) is 50.1 Å². The van der Waals surface area contributed by atoms with E-state index in [1.165, 1.54) is 0 Å². The van der Waals surface area contributed by atoms with Crippen molar-refractivity contribution in [1.29, 1.82) is 5.26 Å². The zero-order valence-electron chi connectivity index (χ0n) is 9.78. The first-order valence-electron chi connectivity index (χ1n) is 5.11. The molecule has 0 aliphatic heterocycles. The molecule has 0 heterocycles. The van der Waals surface area contributed by atoms with Crippen LogP contribution in [0.25, 0.3) is 0 Å². The molecule has 1 aromatic rings. The van der Waals surface area contributed by atoms with Crippen molar-refractivity contribution in [3.8, 4) is 6.07 Å². The second kappa shape index (κ2) is 4.80. The highest BCUT2D eigenvalue weighted by Crippen LogP contribution is 2.12. The monoisotopic (exact) mass is 217 g/mol. The molecule has 0 aliphatic rings. The fourth-order valence-corrected chi connectivity index (χ4v) is 1.19. The second-order valence-electron chi connectivity index (χ2n) is 4.53. The minimum absolute atomic E-state index is 0.337. The third-order valence-electron chi connectivity index (χ3n) is 1.87. The van der Waals surface area contributed by atoms with Crippen LogP contribution in [0, 0.1) is 11.3 Å². The van der Waals surface area contributed by atoms with Gasteiger partial charge in [0.2, 0.25) is 0 Å². The summed E-state index contributed by atoms with van der Waals surface area (Å²) in [6.45, 7) is 5.48. The Morgan fingerprint density at radius 3 is 2.31 bits per heavy atom. The van der Waals surface area contributed by atoms with Crippen LogP contribution in [0.1, 0.15) is 36.7 Å². The maximum Gasteiger partial charge on any atom is 0.338 e. The van der Waals surface area contributed by atoms with Gasteiger partial charge in [-0.25, -0.2) is 4.79 Å². The number of esters is 1. The molecule has 3 heteroatoms. The van der Waals surface area contributed by atoms with Gasteiger partial charge in [0.25, 0.3) is 0 Å². The molecule has 84 valence electrons. The van der Waals surface area contributed by atoms with Crippen molar-refractivity contribution in [2.24, 2.45) is 0 Å². The fourth-order valence-electron chi connectivity index (χ4n) is 1.19. The Hall–Kier alpha value is -1.82. The Balaban J connectivity index is 2.75. The average molecular weight is 217 g/mol. The number of carbonyl (C=O) groups is 1. The van der Waals surface area contributed by atoms with Crippen molar-refractivity contribution < 1.29 is 9.53 Å². The van der Waals surface area contributed by atoms with E-state index in [-0.39, 0.29) is 5.97 Å². The number of hydrogen-bond donors (Lipinski definition) is 0. The molecular weight excluding hydrogens is 202 g/mol. The highest BCUT2D eigenvalue weighted by atomic mass is 16.6. The first kappa shape index (κ1) is 12.3. The first-order valence-corrected chi connectivity index (χ1v) is 5.11. The summed E-state index contributed by atoms with van der Waals surface area (Å²) in [5, 5.41) is 8.51. The van der Waals surface area contributed by atoms with Gasteiger partial charge in [0.15, 0.2) is 0 Å². The summed E-state index contributed by atoms with van der Waals surface area (Å²) in [5.74, 6) is -0.337. The summed E-state index contributed by atoms with van der Waals surface area (Å²) in [4.78, 5) is 11.6. The number of nitrogens with zero attached hydrogens (tertiary/aromatic N) is 1. The molecule has 0 atom stereocenters. The van der Waals surface area contributed by atoms with Crippen LogP contribution in [-0.4, -0.2) is 11.6 Å². The summed E-state index contributed by atoms with van der Waals surface area (Å²) in [6, 6.07) is 8.95. The average Bonchev–Trinajstić information content (AvgIpc) is 2.16. The lowest BCUT2D eigenvalue weighted by atomic mass is 10.1.